The van der Waals surface area contributed by atoms with Crippen LogP contribution in [0.2, 0.25) is 0 Å². The minimum absolute atomic E-state index is 0.191. The van der Waals surface area contributed by atoms with Crippen LogP contribution in [0.3, 0.4) is 0 Å². The summed E-state index contributed by atoms with van der Waals surface area (Å²) in [6, 6.07) is 9.24. The van der Waals surface area contributed by atoms with Gasteiger partial charge in [-0.05, 0) is 24.3 Å². The van der Waals surface area contributed by atoms with E-state index in [2.05, 4.69) is 6.07 Å². The zero-order valence-corrected chi connectivity index (χ0v) is 12.2. The van der Waals surface area contributed by atoms with Gasteiger partial charge in [0.25, 0.3) is 0 Å². The van der Waals surface area contributed by atoms with Crippen molar-refractivity contribution in [1.29, 1.82) is 5.26 Å². The quantitative estimate of drug-likeness (QED) is 0.615. The summed E-state index contributed by atoms with van der Waals surface area (Å²) >= 11 is 0. The zero-order chi connectivity index (χ0) is 15.6. The van der Waals surface area contributed by atoms with Gasteiger partial charge in [0.05, 0.1) is 12.0 Å². The van der Waals surface area contributed by atoms with Crippen molar-refractivity contribution in [3.63, 3.8) is 0 Å². The number of carbonyl (C=O) groups is 1. The molecular weight excluding hydrogens is 268 g/mol. The fraction of sp³-hybridized carbons (Fsp3) is 0.500. The molecule has 0 aromatic heterocycles. The van der Waals surface area contributed by atoms with Crippen LogP contribution in [0.4, 0.5) is 0 Å². The number of carbonyl (C=O) groups excluding carboxylic acids is 1. The van der Waals surface area contributed by atoms with Crippen LogP contribution in [0.25, 0.3) is 0 Å². The highest BCUT2D eigenvalue weighted by Crippen LogP contribution is 2.44. The topological polar surface area (TPSA) is 84.0 Å². The summed E-state index contributed by atoms with van der Waals surface area (Å²) in [7, 11) is 0. The zero-order valence-electron chi connectivity index (χ0n) is 12.2. The number of nitriles is 1. The SMILES string of the molecule is CC(C)C[C@H](C[N+](=O)[O-])[C@@]1(C#N)Cc2ccccc2C1=O. The number of nitrogens with zero attached hydrogens (tertiary/aromatic N) is 2. The van der Waals surface area contributed by atoms with Gasteiger partial charge in [-0.2, -0.15) is 5.26 Å². The predicted octanol–water partition coefficient (Wildman–Crippen LogP) is 2.87. The number of nitro groups is 1. The highest BCUT2D eigenvalue weighted by Gasteiger charge is 2.53. The maximum Gasteiger partial charge on any atom is 0.208 e. The number of benzene rings is 1. The molecule has 0 heterocycles. The number of fused-ring (bicyclic) bond motifs is 1. The summed E-state index contributed by atoms with van der Waals surface area (Å²) in [4.78, 5) is 23.3. The van der Waals surface area contributed by atoms with Crippen LogP contribution in [0, 0.1) is 38.7 Å². The Balaban J connectivity index is 2.44. The van der Waals surface area contributed by atoms with Gasteiger partial charge < -0.3 is 0 Å². The van der Waals surface area contributed by atoms with Gasteiger partial charge in [-0.15, -0.1) is 0 Å². The molecule has 1 aliphatic carbocycles. The maximum absolute atomic E-state index is 12.7. The molecule has 5 nitrogen and oxygen atoms in total. The second kappa shape index (κ2) is 5.65. The molecule has 0 aliphatic heterocycles. The summed E-state index contributed by atoms with van der Waals surface area (Å²) in [5, 5.41) is 20.6. The van der Waals surface area contributed by atoms with Crippen LogP contribution < -0.4 is 0 Å². The second-order valence-corrected chi connectivity index (χ2v) is 6.09. The van der Waals surface area contributed by atoms with E-state index in [9.17, 15) is 20.2 Å². The first-order chi connectivity index (χ1) is 9.90. The number of Topliss-reactive ketones (excluding diaryl/α,β-unsaturated/α-hetero) is 1. The first-order valence-electron chi connectivity index (χ1n) is 7.06. The molecule has 21 heavy (non-hydrogen) atoms. The number of hydrogen-bond donors (Lipinski definition) is 0. The Hall–Kier alpha value is -2.22. The van der Waals surface area contributed by atoms with E-state index in [1.54, 1.807) is 12.1 Å². The molecule has 5 heteroatoms. The van der Waals surface area contributed by atoms with E-state index in [1.165, 1.54) is 0 Å². The average Bonchev–Trinajstić information content (AvgIpc) is 2.71. The van der Waals surface area contributed by atoms with Crippen molar-refractivity contribution >= 4 is 5.78 Å². The molecule has 0 saturated carbocycles. The van der Waals surface area contributed by atoms with Gasteiger partial charge in [-0.25, -0.2) is 0 Å². The molecule has 0 spiro atoms. The van der Waals surface area contributed by atoms with E-state index in [0.29, 0.717) is 12.0 Å². The normalized spacial score (nSPS) is 21.9. The third-order valence-corrected chi connectivity index (χ3v) is 4.16. The van der Waals surface area contributed by atoms with Crippen LogP contribution in [0.5, 0.6) is 0 Å². The molecule has 2 rings (SSSR count). The van der Waals surface area contributed by atoms with Gasteiger partial charge in [0, 0.05) is 10.5 Å². The van der Waals surface area contributed by atoms with E-state index in [1.807, 2.05) is 26.0 Å². The molecule has 0 saturated heterocycles. The van der Waals surface area contributed by atoms with Crippen molar-refractivity contribution < 1.29 is 9.72 Å². The molecule has 0 radical (unpaired) electrons. The first kappa shape index (κ1) is 15.2. The number of hydrogen-bond acceptors (Lipinski definition) is 4. The van der Waals surface area contributed by atoms with Crippen LogP contribution in [0.15, 0.2) is 24.3 Å². The molecule has 110 valence electrons. The lowest BCUT2D eigenvalue weighted by Crippen LogP contribution is -2.40. The fourth-order valence-corrected chi connectivity index (χ4v) is 3.21. The lowest BCUT2D eigenvalue weighted by atomic mass is 9.70. The molecule has 0 bridgehead atoms. The predicted molar refractivity (Wildman–Crippen MR) is 77.3 cm³/mol. The van der Waals surface area contributed by atoms with E-state index in [-0.39, 0.29) is 24.7 Å². The van der Waals surface area contributed by atoms with Gasteiger partial charge in [-0.3, -0.25) is 14.9 Å². The van der Waals surface area contributed by atoms with E-state index in [0.717, 1.165) is 5.56 Å². The van der Waals surface area contributed by atoms with Crippen molar-refractivity contribution in [2.45, 2.75) is 26.7 Å². The lowest BCUT2D eigenvalue weighted by Gasteiger charge is -2.28. The van der Waals surface area contributed by atoms with Crippen molar-refractivity contribution in [1.82, 2.24) is 0 Å². The number of ketones is 1. The summed E-state index contributed by atoms with van der Waals surface area (Å²) < 4.78 is 0. The Bertz CT molecular complexity index is 618. The highest BCUT2D eigenvalue weighted by molar-refractivity contribution is 6.06. The van der Waals surface area contributed by atoms with Crippen molar-refractivity contribution in [3.05, 3.63) is 45.5 Å². The van der Waals surface area contributed by atoms with Crippen molar-refractivity contribution in [2.24, 2.45) is 17.3 Å². The number of rotatable bonds is 5. The Labute approximate surface area is 123 Å². The molecule has 0 amide bonds. The maximum atomic E-state index is 12.7. The molecule has 1 aromatic rings. The molecule has 0 unspecified atom stereocenters. The monoisotopic (exact) mass is 286 g/mol. The molecule has 0 fully saturated rings. The van der Waals surface area contributed by atoms with E-state index < -0.39 is 16.3 Å². The molecule has 1 aliphatic rings. The Morgan fingerprint density at radius 3 is 2.62 bits per heavy atom. The molecule has 2 atom stereocenters. The Morgan fingerprint density at radius 1 is 1.43 bits per heavy atom. The highest BCUT2D eigenvalue weighted by atomic mass is 16.6. The van der Waals surface area contributed by atoms with E-state index in [4.69, 9.17) is 0 Å². The standard InChI is InChI=1S/C16H18N2O3/c1-11(2)7-13(9-18(20)21)16(10-17)8-12-5-3-4-6-14(12)15(16)19/h3-6,11,13H,7-9H2,1-2H3/t13-,16+/m1/s1. The third-order valence-electron chi connectivity index (χ3n) is 4.16. The minimum atomic E-state index is -1.29. The minimum Gasteiger partial charge on any atom is -0.292 e. The summed E-state index contributed by atoms with van der Waals surface area (Å²) in [6.07, 6.45) is 0.776. The molecule has 1 aromatic carbocycles. The van der Waals surface area contributed by atoms with Crippen molar-refractivity contribution in [3.8, 4) is 6.07 Å². The van der Waals surface area contributed by atoms with Crippen LogP contribution in [0.1, 0.15) is 36.2 Å². The van der Waals surface area contributed by atoms with Crippen LogP contribution >= 0.6 is 0 Å². The largest absolute Gasteiger partial charge is 0.292 e. The molecule has 0 N–H and O–H groups in total. The van der Waals surface area contributed by atoms with Gasteiger partial charge in [0.2, 0.25) is 6.54 Å². The summed E-state index contributed by atoms with van der Waals surface area (Å²) in [5.41, 5.74) is 0.0680. The first-order valence-corrected chi connectivity index (χ1v) is 7.06. The Kier molecular flexibility index (Phi) is 4.08. The van der Waals surface area contributed by atoms with Gasteiger partial charge in [0.15, 0.2) is 5.78 Å². The third kappa shape index (κ3) is 2.66. The average molecular weight is 286 g/mol. The Morgan fingerprint density at radius 2 is 2.10 bits per heavy atom. The van der Waals surface area contributed by atoms with Crippen LogP contribution in [-0.4, -0.2) is 17.3 Å². The van der Waals surface area contributed by atoms with Gasteiger partial charge in [0.1, 0.15) is 5.41 Å². The van der Waals surface area contributed by atoms with Gasteiger partial charge in [-0.1, -0.05) is 38.1 Å². The van der Waals surface area contributed by atoms with E-state index >= 15 is 0 Å². The van der Waals surface area contributed by atoms with Gasteiger partial charge >= 0.3 is 0 Å². The summed E-state index contributed by atoms with van der Waals surface area (Å²) in [6.45, 7) is 3.56. The van der Waals surface area contributed by atoms with Crippen molar-refractivity contribution in [2.75, 3.05) is 6.54 Å². The van der Waals surface area contributed by atoms with Crippen LogP contribution in [-0.2, 0) is 6.42 Å². The lowest BCUT2D eigenvalue weighted by molar-refractivity contribution is -0.491. The summed E-state index contributed by atoms with van der Waals surface area (Å²) in [5.74, 6) is -0.623. The smallest absolute Gasteiger partial charge is 0.208 e. The molecular formula is C16H18N2O3. The second-order valence-electron chi connectivity index (χ2n) is 6.09. The fourth-order valence-electron chi connectivity index (χ4n) is 3.21.